The molecule has 3 N–H and O–H groups in total. The van der Waals surface area contributed by atoms with Gasteiger partial charge in [0.1, 0.15) is 0 Å². The predicted molar refractivity (Wildman–Crippen MR) is 91.9 cm³/mol. The smallest absolute Gasteiger partial charge is 0.241 e. The van der Waals surface area contributed by atoms with E-state index in [0.717, 1.165) is 17.9 Å². The molecule has 0 heterocycles. The molecule has 4 nitrogen and oxygen atoms in total. The molecule has 1 amide bonds. The van der Waals surface area contributed by atoms with E-state index in [9.17, 15) is 4.79 Å². The van der Waals surface area contributed by atoms with Crippen LogP contribution in [0.5, 0.6) is 0 Å². The van der Waals surface area contributed by atoms with Gasteiger partial charge < -0.3 is 16.0 Å². The van der Waals surface area contributed by atoms with Crippen LogP contribution in [0.2, 0.25) is 0 Å². The van der Waals surface area contributed by atoms with Gasteiger partial charge in [0.25, 0.3) is 0 Å². The number of anilines is 2. The van der Waals surface area contributed by atoms with Crippen molar-refractivity contribution in [3.05, 3.63) is 60.2 Å². The second kappa shape index (κ2) is 7.61. The number of nitrogens with one attached hydrogen (secondary N) is 1. The van der Waals surface area contributed by atoms with E-state index >= 15 is 0 Å². The number of benzene rings is 2. The van der Waals surface area contributed by atoms with E-state index in [1.807, 2.05) is 56.4 Å². The Bertz CT molecular complexity index is 613. The maximum atomic E-state index is 12.0. The molecule has 0 aliphatic heterocycles. The molecule has 0 bridgehead atoms. The number of hydrogen-bond donors (Lipinski definition) is 2. The van der Waals surface area contributed by atoms with Gasteiger partial charge in [0.15, 0.2) is 0 Å². The van der Waals surface area contributed by atoms with Crippen LogP contribution in [-0.4, -0.2) is 19.0 Å². The van der Waals surface area contributed by atoms with Gasteiger partial charge in [0.2, 0.25) is 5.91 Å². The van der Waals surface area contributed by atoms with Crippen molar-refractivity contribution in [2.45, 2.75) is 25.9 Å². The fourth-order valence-electron chi connectivity index (χ4n) is 2.27. The fraction of sp³-hybridized carbons (Fsp3) is 0.278. The normalized spacial score (nSPS) is 11.8. The Kier molecular flexibility index (Phi) is 5.55. The molecule has 4 heteroatoms. The lowest BCUT2D eigenvalue weighted by molar-refractivity contribution is -0.117. The van der Waals surface area contributed by atoms with Gasteiger partial charge in [-0.15, -0.1) is 0 Å². The molecular formula is C18H23N3O. The van der Waals surface area contributed by atoms with Gasteiger partial charge >= 0.3 is 0 Å². The van der Waals surface area contributed by atoms with Crippen molar-refractivity contribution in [2.24, 2.45) is 5.73 Å². The molecule has 116 valence electrons. The van der Waals surface area contributed by atoms with Crippen LogP contribution in [0.3, 0.4) is 0 Å². The highest BCUT2D eigenvalue weighted by Crippen LogP contribution is 2.26. The van der Waals surface area contributed by atoms with Gasteiger partial charge in [0.05, 0.1) is 17.4 Å². The van der Waals surface area contributed by atoms with Gasteiger partial charge in [-0.3, -0.25) is 4.79 Å². The zero-order chi connectivity index (χ0) is 15.9. The predicted octanol–water partition coefficient (Wildman–Crippen LogP) is 3.00. The zero-order valence-electron chi connectivity index (χ0n) is 13.1. The number of carbonyl (C=O) groups excluding carboxylic acids is 1. The first-order valence-electron chi connectivity index (χ1n) is 7.52. The molecule has 22 heavy (non-hydrogen) atoms. The van der Waals surface area contributed by atoms with Crippen LogP contribution in [0.4, 0.5) is 11.4 Å². The monoisotopic (exact) mass is 297 g/mol. The van der Waals surface area contributed by atoms with Crippen molar-refractivity contribution in [3.8, 4) is 0 Å². The summed E-state index contributed by atoms with van der Waals surface area (Å²) in [6, 6.07) is 17.5. The zero-order valence-corrected chi connectivity index (χ0v) is 13.1. The summed E-state index contributed by atoms with van der Waals surface area (Å²) in [6.45, 7) is 2.67. The Morgan fingerprint density at radius 2 is 1.77 bits per heavy atom. The van der Waals surface area contributed by atoms with Crippen molar-refractivity contribution < 1.29 is 4.79 Å². The number of nitrogens with zero attached hydrogens (tertiary/aromatic N) is 1. The highest BCUT2D eigenvalue weighted by atomic mass is 16.2. The lowest BCUT2D eigenvalue weighted by Gasteiger charge is -2.23. The minimum absolute atomic E-state index is 0.150. The lowest BCUT2D eigenvalue weighted by Crippen LogP contribution is -2.35. The molecule has 0 saturated carbocycles. The average Bonchev–Trinajstić information content (AvgIpc) is 2.55. The number of rotatable bonds is 6. The van der Waals surface area contributed by atoms with E-state index in [1.54, 1.807) is 0 Å². The van der Waals surface area contributed by atoms with E-state index in [0.29, 0.717) is 6.42 Å². The fourth-order valence-corrected chi connectivity index (χ4v) is 2.27. The van der Waals surface area contributed by atoms with Crippen LogP contribution in [0.15, 0.2) is 54.6 Å². The summed E-state index contributed by atoms with van der Waals surface area (Å²) in [4.78, 5) is 14.1. The van der Waals surface area contributed by atoms with Crippen molar-refractivity contribution in [2.75, 3.05) is 17.3 Å². The Morgan fingerprint density at radius 3 is 2.45 bits per heavy atom. The summed E-state index contributed by atoms with van der Waals surface area (Å²) >= 11 is 0. The van der Waals surface area contributed by atoms with E-state index in [-0.39, 0.29) is 5.91 Å². The van der Waals surface area contributed by atoms with E-state index in [1.165, 1.54) is 5.56 Å². The topological polar surface area (TPSA) is 58.4 Å². The molecule has 2 aromatic carbocycles. The molecule has 0 fully saturated rings. The van der Waals surface area contributed by atoms with Gasteiger partial charge in [-0.05, 0) is 24.1 Å². The SMILES string of the molecule is CC[C@H](N)C(=O)Nc1ccccc1N(C)Cc1ccccc1. The Hall–Kier alpha value is -2.33. The molecule has 0 aliphatic carbocycles. The van der Waals surface area contributed by atoms with E-state index in [2.05, 4.69) is 22.3 Å². The summed E-state index contributed by atoms with van der Waals surface area (Å²) in [5.41, 5.74) is 8.77. The highest BCUT2D eigenvalue weighted by molar-refractivity contribution is 5.97. The van der Waals surface area contributed by atoms with Crippen molar-refractivity contribution in [1.82, 2.24) is 0 Å². The first-order chi connectivity index (χ1) is 10.6. The maximum absolute atomic E-state index is 12.0. The van der Waals surface area contributed by atoms with Gasteiger partial charge in [-0.1, -0.05) is 49.4 Å². The summed E-state index contributed by atoms with van der Waals surface area (Å²) < 4.78 is 0. The number of nitrogens with two attached hydrogens (primary N) is 1. The minimum atomic E-state index is -0.479. The Balaban J connectivity index is 2.15. The number of para-hydroxylation sites is 2. The standard InChI is InChI=1S/C18H23N3O/c1-3-15(19)18(22)20-16-11-7-8-12-17(16)21(2)13-14-9-5-4-6-10-14/h4-12,15H,3,13,19H2,1-2H3,(H,20,22)/t15-/m0/s1. The van der Waals surface area contributed by atoms with E-state index < -0.39 is 6.04 Å². The summed E-state index contributed by atoms with van der Waals surface area (Å²) in [5, 5.41) is 2.92. The molecule has 0 aromatic heterocycles. The molecular weight excluding hydrogens is 274 g/mol. The molecule has 1 atom stereocenters. The lowest BCUT2D eigenvalue weighted by atomic mass is 10.1. The van der Waals surface area contributed by atoms with Crippen LogP contribution >= 0.6 is 0 Å². The van der Waals surface area contributed by atoms with Crippen LogP contribution in [0.1, 0.15) is 18.9 Å². The quantitative estimate of drug-likeness (QED) is 0.861. The first kappa shape index (κ1) is 16.0. The number of carbonyl (C=O) groups is 1. The summed E-state index contributed by atoms with van der Waals surface area (Å²) in [6.07, 6.45) is 0.619. The molecule has 0 saturated heterocycles. The Morgan fingerprint density at radius 1 is 1.14 bits per heavy atom. The van der Waals surface area contributed by atoms with Crippen LogP contribution in [-0.2, 0) is 11.3 Å². The van der Waals surface area contributed by atoms with Crippen molar-refractivity contribution >= 4 is 17.3 Å². The number of hydrogen-bond acceptors (Lipinski definition) is 3. The first-order valence-corrected chi connectivity index (χ1v) is 7.52. The van der Waals surface area contributed by atoms with Crippen LogP contribution in [0, 0.1) is 0 Å². The van der Waals surface area contributed by atoms with Crippen molar-refractivity contribution in [3.63, 3.8) is 0 Å². The average molecular weight is 297 g/mol. The van der Waals surface area contributed by atoms with Crippen molar-refractivity contribution in [1.29, 1.82) is 0 Å². The molecule has 0 radical (unpaired) electrons. The maximum Gasteiger partial charge on any atom is 0.241 e. The van der Waals surface area contributed by atoms with Crippen LogP contribution in [0.25, 0.3) is 0 Å². The van der Waals surface area contributed by atoms with Gasteiger partial charge in [-0.25, -0.2) is 0 Å². The second-order valence-electron chi connectivity index (χ2n) is 5.36. The third-order valence-corrected chi connectivity index (χ3v) is 3.61. The molecule has 2 rings (SSSR count). The number of amides is 1. The molecule has 0 unspecified atom stereocenters. The van der Waals surface area contributed by atoms with Gasteiger partial charge in [-0.2, -0.15) is 0 Å². The third kappa shape index (κ3) is 4.09. The largest absolute Gasteiger partial charge is 0.369 e. The summed E-state index contributed by atoms with van der Waals surface area (Å²) in [5.74, 6) is -0.150. The Labute approximate surface area is 131 Å². The van der Waals surface area contributed by atoms with Gasteiger partial charge in [0, 0.05) is 13.6 Å². The highest BCUT2D eigenvalue weighted by Gasteiger charge is 2.14. The molecule has 2 aromatic rings. The molecule has 0 aliphatic rings. The van der Waals surface area contributed by atoms with Crippen LogP contribution < -0.4 is 16.0 Å². The second-order valence-corrected chi connectivity index (χ2v) is 5.36. The minimum Gasteiger partial charge on any atom is -0.369 e. The molecule has 0 spiro atoms. The third-order valence-electron chi connectivity index (χ3n) is 3.61. The van der Waals surface area contributed by atoms with E-state index in [4.69, 9.17) is 5.73 Å². The summed E-state index contributed by atoms with van der Waals surface area (Å²) in [7, 11) is 2.01.